The van der Waals surface area contributed by atoms with E-state index in [2.05, 4.69) is 45.0 Å². The Morgan fingerprint density at radius 2 is 1.19 bits per heavy atom. The summed E-state index contributed by atoms with van der Waals surface area (Å²) in [7, 11) is -4.93. The number of hydrogen-bond acceptors (Lipinski definition) is 15. The van der Waals surface area contributed by atoms with Crippen molar-refractivity contribution in [1.82, 2.24) is 19.9 Å². The van der Waals surface area contributed by atoms with Crippen LogP contribution in [0.15, 0.2) is 101 Å². The van der Waals surface area contributed by atoms with Gasteiger partial charge in [-0.15, -0.1) is 17.5 Å². The van der Waals surface area contributed by atoms with Gasteiger partial charge in [0.15, 0.2) is 5.82 Å². The smallest absolute Gasteiger partial charge is 0.449 e. The van der Waals surface area contributed by atoms with E-state index < -0.39 is 28.3 Å². The second kappa shape index (κ2) is 16.2. The van der Waals surface area contributed by atoms with Crippen molar-refractivity contribution < 1.29 is 37.0 Å². The number of aromatic carboxylic acids is 2. The third-order valence-electron chi connectivity index (χ3n) is 5.52. The molecule has 0 unspecified atom stereocenters. The second-order valence-corrected chi connectivity index (χ2v) is 9.99. The van der Waals surface area contributed by atoms with Gasteiger partial charge in [0.2, 0.25) is 11.9 Å². The van der Waals surface area contributed by atoms with Crippen molar-refractivity contribution in [3.8, 4) is 6.01 Å². The molecule has 0 amide bonds. The van der Waals surface area contributed by atoms with Gasteiger partial charge in [-0.05, 0) is 72.8 Å². The molecule has 0 aliphatic rings. The van der Waals surface area contributed by atoms with Crippen LogP contribution in [0.4, 0.5) is 46.3 Å². The molecule has 0 bridgehead atoms. The molecule has 9 N–H and O–H groups in total. The summed E-state index contributed by atoms with van der Waals surface area (Å²) in [5, 5.41) is 31.4. The highest BCUT2D eigenvalue weighted by Crippen LogP contribution is 2.24. The van der Waals surface area contributed by atoms with Crippen molar-refractivity contribution in [3.63, 3.8) is 0 Å². The quantitative estimate of drug-likeness (QED) is 0.0744. The van der Waals surface area contributed by atoms with Gasteiger partial charge in [0.25, 0.3) is 0 Å². The first-order valence-electron chi connectivity index (χ1n) is 13.0. The predicted octanol–water partition coefficient (Wildman–Crippen LogP) is 5.02. The van der Waals surface area contributed by atoms with Crippen LogP contribution in [0.1, 0.15) is 20.7 Å². The van der Waals surface area contributed by atoms with Crippen molar-refractivity contribution in [1.29, 1.82) is 0 Å². The van der Waals surface area contributed by atoms with Crippen LogP contribution in [0.2, 0.25) is 0 Å². The molecule has 18 nitrogen and oxygen atoms in total. The molecule has 248 valence electrons. The highest BCUT2D eigenvalue weighted by Gasteiger charge is 2.15. The van der Waals surface area contributed by atoms with Gasteiger partial charge in [0.1, 0.15) is 11.5 Å². The Kier molecular flexibility index (Phi) is 12.2. The van der Waals surface area contributed by atoms with Gasteiger partial charge in [0, 0.05) is 11.4 Å². The fraction of sp³-hybridized carbons (Fsp3) is 0. The standard InChI is InChI=1S/C17H13N5O8S.C11H11N5.ClH/c23-13(24)9-1-5-11(6-2-9)18-15-20-16(22-17(21-15)30-31(27,28)29)19-12-7-3-10(4-8-12)14(25)26;12-10-7-6-9(11(13)14-10)16-15-8-4-2-1-3-5-8;/h1-8H,(H,23,24)(H,25,26)(H,27,28,29)(H2,18,19,20,21,22);1-7H,(H4,12,13,14);1H/b;16-15+;. The molecule has 5 rings (SSSR count). The highest BCUT2D eigenvalue weighted by molar-refractivity contribution is 7.81. The predicted molar refractivity (Wildman–Crippen MR) is 176 cm³/mol. The van der Waals surface area contributed by atoms with Crippen molar-refractivity contribution >= 4 is 81.0 Å². The minimum Gasteiger partial charge on any atom is -0.478 e. The van der Waals surface area contributed by atoms with Crippen LogP contribution in [-0.4, -0.2) is 55.1 Å². The molecule has 20 heteroatoms. The second-order valence-electron chi connectivity index (χ2n) is 8.97. The van der Waals surface area contributed by atoms with Gasteiger partial charge in [-0.1, -0.05) is 18.2 Å². The minimum absolute atomic E-state index is 0. The zero-order chi connectivity index (χ0) is 34.0. The first-order valence-corrected chi connectivity index (χ1v) is 14.3. The van der Waals surface area contributed by atoms with E-state index in [4.69, 9.17) is 26.2 Å². The van der Waals surface area contributed by atoms with Crippen LogP contribution in [0, 0.1) is 0 Å². The Balaban J connectivity index is 0.000000309. The summed E-state index contributed by atoms with van der Waals surface area (Å²) >= 11 is 0. The molecule has 0 atom stereocenters. The lowest BCUT2D eigenvalue weighted by molar-refractivity contribution is 0.0686. The number of nitrogens with two attached hydrogens (primary N) is 2. The molecule has 0 aliphatic carbocycles. The number of carboxylic acids is 2. The number of nitrogens with zero attached hydrogens (tertiary/aromatic N) is 6. The Morgan fingerprint density at radius 3 is 1.62 bits per heavy atom. The highest BCUT2D eigenvalue weighted by atomic mass is 35.5. The van der Waals surface area contributed by atoms with Gasteiger partial charge < -0.3 is 36.5 Å². The number of azo groups is 1. The molecule has 0 aliphatic heterocycles. The molecule has 0 saturated carbocycles. The van der Waals surface area contributed by atoms with Gasteiger partial charge in [-0.3, -0.25) is 4.55 Å². The summed E-state index contributed by atoms with van der Waals surface area (Å²) in [6.07, 6.45) is 0. The number of carbonyl (C=O) groups is 2. The number of anilines is 6. The molecule has 3 aromatic carbocycles. The molecule has 0 spiro atoms. The van der Waals surface area contributed by atoms with Gasteiger partial charge in [0.05, 0.1) is 16.8 Å². The Morgan fingerprint density at radius 1 is 0.688 bits per heavy atom. The number of nitrogen functional groups attached to an aromatic ring is 2. The summed E-state index contributed by atoms with van der Waals surface area (Å²) in [4.78, 5) is 37.2. The number of rotatable bonds is 10. The first-order chi connectivity index (χ1) is 22.3. The van der Waals surface area contributed by atoms with Gasteiger partial charge in [-0.25, -0.2) is 14.6 Å². The maximum Gasteiger partial charge on any atom is 0.449 e. The topological polar surface area (TPSA) is 291 Å². The van der Waals surface area contributed by atoms with E-state index in [-0.39, 0.29) is 41.2 Å². The Hall–Kier alpha value is -6.44. The zero-order valence-electron chi connectivity index (χ0n) is 24.2. The Bertz CT molecular complexity index is 1940. The van der Waals surface area contributed by atoms with Gasteiger partial charge in [-0.2, -0.15) is 28.5 Å². The molecule has 2 aromatic heterocycles. The summed E-state index contributed by atoms with van der Waals surface area (Å²) in [5.41, 5.74) is 13.2. The summed E-state index contributed by atoms with van der Waals surface area (Å²) < 4.78 is 35.2. The maximum absolute atomic E-state index is 11.0. The van der Waals surface area contributed by atoms with E-state index in [0.717, 1.165) is 5.69 Å². The Labute approximate surface area is 278 Å². The van der Waals surface area contributed by atoms with Gasteiger partial charge >= 0.3 is 28.3 Å². The molecule has 0 fully saturated rings. The molecule has 2 heterocycles. The SMILES string of the molecule is Cl.Nc1ccc(/N=N/c2ccccc2)c(N)n1.O=C(O)c1ccc(Nc2nc(Nc3ccc(C(=O)O)cc3)nc(OS(=O)(=O)O)n2)cc1. The fourth-order valence-electron chi connectivity index (χ4n) is 3.42. The molecule has 0 radical (unpaired) electrons. The van der Waals surface area contributed by atoms with Crippen LogP contribution in [0.25, 0.3) is 0 Å². The molecular formula is C28H25ClN10O8S. The third kappa shape index (κ3) is 11.2. The summed E-state index contributed by atoms with van der Waals surface area (Å²) in [5.74, 6) is -1.97. The monoisotopic (exact) mass is 696 g/mol. The van der Waals surface area contributed by atoms with Crippen molar-refractivity contribution in [2.75, 3.05) is 22.1 Å². The summed E-state index contributed by atoms with van der Waals surface area (Å²) in [6, 6.07) is 23.0. The number of halogens is 1. The van der Waals surface area contributed by atoms with E-state index in [9.17, 15) is 18.0 Å². The lowest BCUT2D eigenvalue weighted by atomic mass is 10.2. The molecule has 5 aromatic rings. The number of aromatic nitrogens is 4. The first kappa shape index (κ1) is 36.0. The number of pyridine rings is 1. The average Bonchev–Trinajstić information content (AvgIpc) is 3.01. The molecule has 0 saturated heterocycles. The third-order valence-corrected chi connectivity index (χ3v) is 5.88. The van der Waals surface area contributed by atoms with E-state index in [1.807, 2.05) is 30.3 Å². The van der Waals surface area contributed by atoms with E-state index >= 15 is 0 Å². The van der Waals surface area contributed by atoms with Crippen LogP contribution in [-0.2, 0) is 10.4 Å². The van der Waals surface area contributed by atoms with E-state index in [0.29, 0.717) is 22.9 Å². The molecular weight excluding hydrogens is 672 g/mol. The largest absolute Gasteiger partial charge is 0.478 e. The van der Waals surface area contributed by atoms with E-state index in [1.54, 1.807) is 12.1 Å². The van der Waals surface area contributed by atoms with Crippen molar-refractivity contribution in [2.24, 2.45) is 10.2 Å². The number of nitrogens with one attached hydrogen (secondary N) is 2. The van der Waals surface area contributed by atoms with Crippen molar-refractivity contribution in [2.45, 2.75) is 0 Å². The number of carboxylic acid groups (broad SMARTS) is 2. The maximum atomic E-state index is 11.0. The minimum atomic E-state index is -4.93. The fourth-order valence-corrected chi connectivity index (χ4v) is 3.69. The lowest BCUT2D eigenvalue weighted by Crippen LogP contribution is -2.12. The normalized spacial score (nSPS) is 10.6. The van der Waals surface area contributed by atoms with Crippen LogP contribution in [0.3, 0.4) is 0 Å². The summed E-state index contributed by atoms with van der Waals surface area (Å²) in [6.45, 7) is 0. The number of hydrogen-bond donors (Lipinski definition) is 7. The van der Waals surface area contributed by atoms with Crippen LogP contribution >= 0.6 is 12.4 Å². The van der Waals surface area contributed by atoms with Crippen molar-refractivity contribution in [3.05, 3.63) is 102 Å². The average molecular weight is 697 g/mol. The zero-order valence-corrected chi connectivity index (χ0v) is 25.8. The lowest BCUT2D eigenvalue weighted by Gasteiger charge is -2.10. The van der Waals surface area contributed by atoms with Crippen LogP contribution in [0.5, 0.6) is 6.01 Å². The number of benzene rings is 3. The van der Waals surface area contributed by atoms with Crippen LogP contribution < -0.4 is 26.3 Å². The molecule has 48 heavy (non-hydrogen) atoms. The van der Waals surface area contributed by atoms with E-state index in [1.165, 1.54) is 48.5 Å².